The zero-order chi connectivity index (χ0) is 18.8. The maximum absolute atomic E-state index is 12.4. The zero-order valence-corrected chi connectivity index (χ0v) is 17.0. The van der Waals surface area contributed by atoms with Crippen molar-refractivity contribution in [2.24, 2.45) is 0 Å². The molecule has 0 N–H and O–H groups in total. The molecule has 1 aromatic carbocycles. The van der Waals surface area contributed by atoms with E-state index in [0.29, 0.717) is 13.1 Å². The van der Waals surface area contributed by atoms with Crippen LogP contribution < -0.4 is 9.64 Å². The van der Waals surface area contributed by atoms with Crippen molar-refractivity contribution in [3.63, 3.8) is 0 Å². The summed E-state index contributed by atoms with van der Waals surface area (Å²) >= 11 is 3.33. The number of nitrogens with zero attached hydrogens (tertiary/aromatic N) is 3. The fourth-order valence-electron chi connectivity index (χ4n) is 3.16. The Morgan fingerprint density at radius 1 is 1.22 bits per heavy atom. The lowest BCUT2D eigenvalue weighted by atomic mass is 10.2. The van der Waals surface area contributed by atoms with Gasteiger partial charge in [-0.15, -0.1) is 11.3 Å². The largest absolute Gasteiger partial charge is 0.494 e. The molecule has 0 saturated carbocycles. The van der Waals surface area contributed by atoms with Crippen molar-refractivity contribution in [3.8, 4) is 5.75 Å². The summed E-state index contributed by atoms with van der Waals surface area (Å²) in [6.07, 6.45) is 3.56. The average molecular weight is 400 g/mol. The molecule has 0 atom stereocenters. The van der Waals surface area contributed by atoms with Gasteiger partial charge in [-0.25, -0.2) is 4.98 Å². The molecule has 0 radical (unpaired) electrons. The van der Waals surface area contributed by atoms with Gasteiger partial charge in [-0.3, -0.25) is 4.79 Å². The first-order valence-corrected chi connectivity index (χ1v) is 10.5. The van der Waals surface area contributed by atoms with E-state index in [2.05, 4.69) is 17.9 Å². The third-order valence-corrected chi connectivity index (χ3v) is 6.80. The minimum Gasteiger partial charge on any atom is -0.494 e. The molecule has 4 rings (SSSR count). The van der Waals surface area contributed by atoms with Gasteiger partial charge in [-0.1, -0.05) is 23.5 Å². The second-order valence-corrected chi connectivity index (χ2v) is 8.38. The SMILES string of the molecule is COc1ccc(C)c2sc(N3CCN(C(=O)C=Cc4cccs4)CC3)nc12. The fourth-order valence-corrected chi connectivity index (χ4v) is 4.88. The van der Waals surface area contributed by atoms with Gasteiger partial charge in [-0.2, -0.15) is 0 Å². The second-order valence-electron chi connectivity index (χ2n) is 6.42. The lowest BCUT2D eigenvalue weighted by Gasteiger charge is -2.34. The maximum atomic E-state index is 12.4. The Hall–Kier alpha value is -2.38. The van der Waals surface area contributed by atoms with E-state index in [4.69, 9.17) is 9.72 Å². The minimum absolute atomic E-state index is 0.0739. The van der Waals surface area contributed by atoms with Crippen LogP contribution in [0.1, 0.15) is 10.4 Å². The van der Waals surface area contributed by atoms with Gasteiger partial charge in [0.15, 0.2) is 5.13 Å². The monoisotopic (exact) mass is 399 g/mol. The molecule has 3 aromatic rings. The van der Waals surface area contributed by atoms with Gasteiger partial charge in [0.05, 0.1) is 11.8 Å². The standard InChI is InChI=1S/C20H21N3O2S2/c1-14-5-7-16(25-2)18-19(14)27-20(21-18)23-11-9-22(10-12-23)17(24)8-6-15-4-3-13-26-15/h3-8,13H,9-12H2,1-2H3. The Morgan fingerprint density at radius 3 is 2.74 bits per heavy atom. The van der Waals surface area contributed by atoms with Gasteiger partial charge in [0, 0.05) is 37.1 Å². The number of thiophene rings is 1. The lowest BCUT2D eigenvalue weighted by Crippen LogP contribution is -2.48. The molecular weight excluding hydrogens is 378 g/mol. The number of hydrogen-bond donors (Lipinski definition) is 0. The molecule has 2 aromatic heterocycles. The highest BCUT2D eigenvalue weighted by atomic mass is 32.1. The topological polar surface area (TPSA) is 45.7 Å². The molecule has 140 valence electrons. The first-order valence-electron chi connectivity index (χ1n) is 8.85. The molecule has 0 unspecified atom stereocenters. The van der Waals surface area contributed by atoms with Gasteiger partial charge < -0.3 is 14.5 Å². The number of carbonyl (C=O) groups excluding carboxylic acids is 1. The van der Waals surface area contributed by atoms with E-state index in [1.165, 1.54) is 10.3 Å². The number of aryl methyl sites for hydroxylation is 1. The van der Waals surface area contributed by atoms with Crippen LogP contribution in [0.25, 0.3) is 16.3 Å². The van der Waals surface area contributed by atoms with Crippen LogP contribution in [-0.4, -0.2) is 49.1 Å². The number of carbonyl (C=O) groups is 1. The number of hydrogen-bond acceptors (Lipinski definition) is 6. The molecule has 1 aliphatic heterocycles. The Morgan fingerprint density at radius 2 is 2.04 bits per heavy atom. The number of aromatic nitrogens is 1. The molecule has 27 heavy (non-hydrogen) atoms. The quantitative estimate of drug-likeness (QED) is 0.621. The van der Waals surface area contributed by atoms with E-state index in [1.807, 2.05) is 34.6 Å². The van der Waals surface area contributed by atoms with E-state index >= 15 is 0 Å². The molecule has 1 fully saturated rings. The summed E-state index contributed by atoms with van der Waals surface area (Å²) in [5.41, 5.74) is 2.14. The molecule has 7 heteroatoms. The molecular formula is C20H21N3O2S2. The van der Waals surface area contributed by atoms with E-state index in [-0.39, 0.29) is 5.91 Å². The summed E-state index contributed by atoms with van der Waals surface area (Å²) in [6.45, 7) is 5.10. The Kier molecular flexibility index (Phi) is 5.13. The number of thiazole rings is 1. The first kappa shape index (κ1) is 18.0. The van der Waals surface area contributed by atoms with Gasteiger partial charge in [0.25, 0.3) is 0 Å². The molecule has 1 aliphatic rings. The van der Waals surface area contributed by atoms with Gasteiger partial charge in [0.2, 0.25) is 5.91 Å². The van der Waals surface area contributed by atoms with Crippen molar-refractivity contribution < 1.29 is 9.53 Å². The molecule has 0 aliphatic carbocycles. The molecule has 3 heterocycles. The number of rotatable bonds is 4. The van der Waals surface area contributed by atoms with Crippen LogP contribution in [0.3, 0.4) is 0 Å². The van der Waals surface area contributed by atoms with Crippen LogP contribution >= 0.6 is 22.7 Å². The first-order chi connectivity index (χ1) is 13.2. The van der Waals surface area contributed by atoms with E-state index in [0.717, 1.165) is 34.4 Å². The Bertz CT molecular complexity index is 971. The van der Waals surface area contributed by atoms with Gasteiger partial charge in [0.1, 0.15) is 11.3 Å². The molecule has 1 amide bonds. The van der Waals surface area contributed by atoms with Crippen molar-refractivity contribution in [2.45, 2.75) is 6.92 Å². The third kappa shape index (κ3) is 3.70. The summed E-state index contributed by atoms with van der Waals surface area (Å²) in [5.74, 6) is 0.885. The van der Waals surface area contributed by atoms with Crippen LogP contribution in [0, 0.1) is 6.92 Å². The Labute approximate surface area is 166 Å². The van der Waals surface area contributed by atoms with E-state index in [9.17, 15) is 4.79 Å². The number of piperazine rings is 1. The summed E-state index contributed by atoms with van der Waals surface area (Å²) in [4.78, 5) is 22.5. The van der Waals surface area contributed by atoms with Crippen molar-refractivity contribution >= 4 is 50.0 Å². The molecule has 0 spiro atoms. The van der Waals surface area contributed by atoms with Crippen molar-refractivity contribution in [1.82, 2.24) is 9.88 Å². The van der Waals surface area contributed by atoms with Crippen molar-refractivity contribution in [2.75, 3.05) is 38.2 Å². The molecule has 1 saturated heterocycles. The summed E-state index contributed by atoms with van der Waals surface area (Å²) < 4.78 is 6.62. The van der Waals surface area contributed by atoms with E-state index < -0.39 is 0 Å². The van der Waals surface area contributed by atoms with Gasteiger partial charge in [-0.05, 0) is 36.1 Å². The van der Waals surface area contributed by atoms with Crippen LogP contribution in [0.4, 0.5) is 5.13 Å². The smallest absolute Gasteiger partial charge is 0.246 e. The van der Waals surface area contributed by atoms with Crippen LogP contribution in [0.15, 0.2) is 35.7 Å². The highest BCUT2D eigenvalue weighted by Crippen LogP contribution is 2.36. The maximum Gasteiger partial charge on any atom is 0.246 e. The van der Waals surface area contributed by atoms with Crippen LogP contribution in [-0.2, 0) is 4.79 Å². The summed E-state index contributed by atoms with van der Waals surface area (Å²) in [7, 11) is 1.68. The number of fused-ring (bicyclic) bond motifs is 1. The number of benzene rings is 1. The number of amides is 1. The highest BCUT2D eigenvalue weighted by molar-refractivity contribution is 7.22. The van der Waals surface area contributed by atoms with Crippen LogP contribution in [0.5, 0.6) is 5.75 Å². The third-order valence-electron chi connectivity index (χ3n) is 4.71. The van der Waals surface area contributed by atoms with E-state index in [1.54, 1.807) is 35.9 Å². The molecule has 0 bridgehead atoms. The number of anilines is 1. The van der Waals surface area contributed by atoms with Gasteiger partial charge >= 0.3 is 0 Å². The van der Waals surface area contributed by atoms with Crippen molar-refractivity contribution in [1.29, 1.82) is 0 Å². The lowest BCUT2D eigenvalue weighted by molar-refractivity contribution is -0.126. The van der Waals surface area contributed by atoms with Crippen molar-refractivity contribution in [3.05, 3.63) is 46.2 Å². The predicted molar refractivity (Wildman–Crippen MR) is 113 cm³/mol. The second kappa shape index (κ2) is 7.70. The number of methoxy groups -OCH3 is 1. The summed E-state index contributed by atoms with van der Waals surface area (Å²) in [5, 5.41) is 3.01. The highest BCUT2D eigenvalue weighted by Gasteiger charge is 2.23. The number of ether oxygens (including phenoxy) is 1. The Balaban J connectivity index is 1.44. The van der Waals surface area contributed by atoms with Crippen LogP contribution in [0.2, 0.25) is 0 Å². The minimum atomic E-state index is 0.0739. The molecule has 5 nitrogen and oxygen atoms in total. The average Bonchev–Trinajstić information content (AvgIpc) is 3.37. The normalized spacial score (nSPS) is 15.0. The summed E-state index contributed by atoms with van der Waals surface area (Å²) in [6, 6.07) is 8.04. The zero-order valence-electron chi connectivity index (χ0n) is 15.3. The fraction of sp³-hybridized carbons (Fsp3) is 0.300. The predicted octanol–water partition coefficient (Wildman–Crippen LogP) is 4.04.